The van der Waals surface area contributed by atoms with E-state index in [2.05, 4.69) is 42.6 Å². The number of aliphatic hydroxyl groups is 1. The number of phosphoric acid groups is 1. The lowest BCUT2D eigenvalue weighted by Crippen LogP contribution is -2.45. The van der Waals surface area contributed by atoms with Gasteiger partial charge in [0.05, 0.1) is 39.9 Å². The van der Waals surface area contributed by atoms with E-state index in [1.807, 2.05) is 40.2 Å². The quantitative estimate of drug-likeness (QED) is 0.0272. The van der Waals surface area contributed by atoms with Crippen molar-refractivity contribution in [3.63, 3.8) is 0 Å². The highest BCUT2D eigenvalue weighted by molar-refractivity contribution is 7.45. The first-order chi connectivity index (χ1) is 30.5. The Morgan fingerprint density at radius 3 is 1.38 bits per heavy atom. The summed E-state index contributed by atoms with van der Waals surface area (Å²) in [7, 11) is 1.23. The third-order valence-corrected chi connectivity index (χ3v) is 12.8. The van der Waals surface area contributed by atoms with Gasteiger partial charge in [0.1, 0.15) is 13.2 Å². The number of hydrogen-bond acceptors (Lipinski definition) is 6. The van der Waals surface area contributed by atoms with E-state index in [0.29, 0.717) is 17.4 Å². The summed E-state index contributed by atoms with van der Waals surface area (Å²) in [6.07, 6.45) is 59.5. The van der Waals surface area contributed by atoms with Crippen LogP contribution in [-0.2, 0) is 18.4 Å². The van der Waals surface area contributed by atoms with Gasteiger partial charge in [-0.2, -0.15) is 0 Å². The van der Waals surface area contributed by atoms with Gasteiger partial charge in [0.25, 0.3) is 7.82 Å². The van der Waals surface area contributed by atoms with Gasteiger partial charge in [0.2, 0.25) is 5.91 Å². The summed E-state index contributed by atoms with van der Waals surface area (Å²) in [5.74, 6) is -0.213. The molecule has 0 spiro atoms. The highest BCUT2D eigenvalue weighted by atomic mass is 31.2. The second-order valence-electron chi connectivity index (χ2n) is 19.2. The second kappa shape index (κ2) is 45.6. The fourth-order valence-electron chi connectivity index (χ4n) is 7.66. The number of aliphatic hydroxyl groups excluding tert-OH is 1. The molecule has 0 aliphatic carbocycles. The molecule has 0 aliphatic rings. The van der Waals surface area contributed by atoms with Gasteiger partial charge in [-0.1, -0.05) is 216 Å². The minimum atomic E-state index is -4.60. The summed E-state index contributed by atoms with van der Waals surface area (Å²) in [6, 6.07) is -0.907. The Balaban J connectivity index is 3.95. The summed E-state index contributed by atoms with van der Waals surface area (Å²) < 4.78 is 23.1. The Bertz CT molecular complexity index is 1170. The third kappa shape index (κ3) is 48.2. The molecule has 3 atom stereocenters. The third-order valence-electron chi connectivity index (χ3n) is 11.8. The molecule has 1 amide bonds. The van der Waals surface area contributed by atoms with Crippen LogP contribution in [0.2, 0.25) is 0 Å². The molecule has 0 fully saturated rings. The van der Waals surface area contributed by atoms with Crippen molar-refractivity contribution in [3.8, 4) is 0 Å². The standard InChI is InChI=1S/C54H103N2O6P/c1-6-8-10-12-14-16-17-18-19-20-21-22-23-24-25-26-27-28-29-30-31-32-33-34-35-36-37-38-40-42-44-46-48-54(58)55-52(51-62-63(59,60)61-50-49-56(3,4)5)53(57)47-45-43-41-39-15-13-11-9-7-2/h7,9,15,24-25,39,45,47,52-53,57H,6,8,10-14,16-23,26-38,40-44,46,48-51H2,1-5H3,(H-,55,58,59,60)/b9-7+,25-24-,39-15+,47-45+. The summed E-state index contributed by atoms with van der Waals surface area (Å²) in [6.45, 7) is 4.39. The highest BCUT2D eigenvalue weighted by Gasteiger charge is 2.23. The van der Waals surface area contributed by atoms with Crippen LogP contribution < -0.4 is 10.2 Å². The van der Waals surface area contributed by atoms with Crippen LogP contribution >= 0.6 is 7.82 Å². The molecule has 0 rings (SSSR count). The molecule has 0 saturated carbocycles. The number of quaternary nitrogens is 1. The van der Waals surface area contributed by atoms with E-state index in [1.54, 1.807) is 6.08 Å². The van der Waals surface area contributed by atoms with Crippen LogP contribution in [0.5, 0.6) is 0 Å². The summed E-state index contributed by atoms with van der Waals surface area (Å²) >= 11 is 0. The molecule has 3 unspecified atom stereocenters. The minimum absolute atomic E-state index is 0.00953. The predicted octanol–water partition coefficient (Wildman–Crippen LogP) is 15.0. The topological polar surface area (TPSA) is 108 Å². The van der Waals surface area contributed by atoms with Crippen molar-refractivity contribution < 1.29 is 32.9 Å². The number of rotatable bonds is 48. The van der Waals surface area contributed by atoms with Gasteiger partial charge in [0, 0.05) is 6.42 Å². The fraction of sp³-hybridized carbons (Fsp3) is 0.833. The normalized spacial score (nSPS) is 14.5. The van der Waals surface area contributed by atoms with Gasteiger partial charge in [-0.3, -0.25) is 9.36 Å². The van der Waals surface area contributed by atoms with Crippen LogP contribution in [0.4, 0.5) is 0 Å². The number of carbonyl (C=O) groups is 1. The lowest BCUT2D eigenvalue weighted by Gasteiger charge is -2.29. The number of likely N-dealkylation sites (N-methyl/N-ethyl adjacent to an activating group) is 1. The number of unbranched alkanes of at least 4 members (excludes halogenated alkanes) is 30. The number of nitrogens with one attached hydrogen (secondary N) is 1. The monoisotopic (exact) mass is 907 g/mol. The number of phosphoric ester groups is 1. The van der Waals surface area contributed by atoms with Crippen LogP contribution in [0.3, 0.4) is 0 Å². The molecule has 0 heterocycles. The maximum absolute atomic E-state index is 12.9. The Hall–Kier alpha value is -1.54. The van der Waals surface area contributed by atoms with Crippen LogP contribution in [0.15, 0.2) is 48.6 Å². The maximum Gasteiger partial charge on any atom is 0.268 e. The van der Waals surface area contributed by atoms with Crippen molar-refractivity contribution in [1.82, 2.24) is 5.32 Å². The molecule has 0 aromatic heterocycles. The molecule has 0 radical (unpaired) electrons. The molecule has 8 nitrogen and oxygen atoms in total. The van der Waals surface area contributed by atoms with Gasteiger partial charge in [-0.05, 0) is 64.7 Å². The van der Waals surface area contributed by atoms with Gasteiger partial charge in [0.15, 0.2) is 0 Å². The van der Waals surface area contributed by atoms with Crippen LogP contribution in [0.25, 0.3) is 0 Å². The van der Waals surface area contributed by atoms with E-state index in [4.69, 9.17) is 9.05 Å². The zero-order valence-corrected chi connectivity index (χ0v) is 42.9. The average molecular weight is 907 g/mol. The molecule has 0 bridgehead atoms. The van der Waals surface area contributed by atoms with E-state index in [1.165, 1.54) is 173 Å². The Morgan fingerprint density at radius 2 is 0.952 bits per heavy atom. The van der Waals surface area contributed by atoms with Crippen molar-refractivity contribution in [2.75, 3.05) is 40.9 Å². The number of amides is 1. The molecule has 0 aliphatic heterocycles. The minimum Gasteiger partial charge on any atom is -0.756 e. The van der Waals surface area contributed by atoms with Crippen molar-refractivity contribution in [1.29, 1.82) is 0 Å². The molecule has 9 heteroatoms. The Kier molecular flexibility index (Phi) is 44.5. The first kappa shape index (κ1) is 61.5. The van der Waals surface area contributed by atoms with E-state index in [0.717, 1.165) is 44.9 Å². The number of allylic oxidation sites excluding steroid dienone is 7. The largest absolute Gasteiger partial charge is 0.756 e. The number of hydrogen-bond donors (Lipinski definition) is 2. The lowest BCUT2D eigenvalue weighted by atomic mass is 10.0. The Morgan fingerprint density at radius 1 is 0.571 bits per heavy atom. The van der Waals surface area contributed by atoms with Gasteiger partial charge >= 0.3 is 0 Å². The molecule has 370 valence electrons. The Labute approximate surface area is 390 Å². The van der Waals surface area contributed by atoms with Crippen molar-refractivity contribution in [3.05, 3.63) is 48.6 Å². The molecule has 63 heavy (non-hydrogen) atoms. The van der Waals surface area contributed by atoms with E-state index < -0.39 is 26.6 Å². The highest BCUT2D eigenvalue weighted by Crippen LogP contribution is 2.38. The first-order valence-corrected chi connectivity index (χ1v) is 27.9. The van der Waals surface area contributed by atoms with E-state index >= 15 is 0 Å². The maximum atomic E-state index is 12.9. The zero-order chi connectivity index (χ0) is 46.4. The molecule has 0 aromatic carbocycles. The van der Waals surface area contributed by atoms with Gasteiger partial charge in [-0.25, -0.2) is 0 Å². The van der Waals surface area contributed by atoms with E-state index in [9.17, 15) is 19.4 Å². The SMILES string of the molecule is C/C=C/CC/C=C/CC/C=C/C(O)C(COP(=O)([O-])OCC[N+](C)(C)C)NC(=O)CCCCCCCCCCCCCCCCCC/C=C\CCCCCCCCCCCCCC. The summed E-state index contributed by atoms with van der Waals surface area (Å²) in [4.78, 5) is 25.3. The fourth-order valence-corrected chi connectivity index (χ4v) is 8.38. The molecular weight excluding hydrogens is 804 g/mol. The van der Waals surface area contributed by atoms with Crippen LogP contribution in [0, 0.1) is 0 Å². The van der Waals surface area contributed by atoms with Gasteiger partial charge in [-0.15, -0.1) is 0 Å². The lowest BCUT2D eigenvalue weighted by molar-refractivity contribution is -0.870. The van der Waals surface area contributed by atoms with Crippen molar-refractivity contribution >= 4 is 13.7 Å². The number of carbonyl (C=O) groups excluding carboxylic acids is 1. The predicted molar refractivity (Wildman–Crippen MR) is 270 cm³/mol. The second-order valence-corrected chi connectivity index (χ2v) is 20.6. The van der Waals surface area contributed by atoms with Gasteiger partial charge < -0.3 is 28.8 Å². The average Bonchev–Trinajstić information content (AvgIpc) is 3.24. The van der Waals surface area contributed by atoms with Crippen molar-refractivity contribution in [2.24, 2.45) is 0 Å². The van der Waals surface area contributed by atoms with Crippen molar-refractivity contribution in [2.45, 2.75) is 251 Å². The van der Waals surface area contributed by atoms with Crippen LogP contribution in [-0.4, -0.2) is 68.5 Å². The summed E-state index contributed by atoms with van der Waals surface area (Å²) in [5, 5.41) is 13.7. The first-order valence-electron chi connectivity index (χ1n) is 26.5. The zero-order valence-electron chi connectivity index (χ0n) is 42.0. The summed E-state index contributed by atoms with van der Waals surface area (Å²) in [5.41, 5.74) is 0. The molecular formula is C54H103N2O6P. The smallest absolute Gasteiger partial charge is 0.268 e. The van der Waals surface area contributed by atoms with E-state index in [-0.39, 0.29) is 12.5 Å². The molecule has 0 saturated heterocycles. The molecule has 0 aromatic rings. The molecule has 2 N–H and O–H groups in total. The van der Waals surface area contributed by atoms with Crippen LogP contribution in [0.1, 0.15) is 239 Å². The number of nitrogens with zero attached hydrogens (tertiary/aromatic N) is 1.